The molecule has 1 rings (SSSR count). The molecule has 0 unspecified atom stereocenters. The highest BCUT2D eigenvalue weighted by Gasteiger charge is 2.10. The predicted molar refractivity (Wildman–Crippen MR) is 56.9 cm³/mol. The third kappa shape index (κ3) is 2.60. The molecule has 0 fully saturated rings. The summed E-state index contributed by atoms with van der Waals surface area (Å²) in [6.45, 7) is 0.316. The molecule has 0 saturated carbocycles. The molecule has 0 aliphatic heterocycles. The molecule has 0 saturated heterocycles. The van der Waals surface area contributed by atoms with Crippen LogP contribution in [0.4, 0.5) is 10.5 Å². The number of rotatable bonds is 3. The third-order valence-corrected chi connectivity index (χ3v) is 1.96. The highest BCUT2D eigenvalue weighted by molar-refractivity contribution is 5.87. The zero-order chi connectivity index (χ0) is 11.3. The average Bonchev–Trinajstić information content (AvgIpc) is 2.29. The summed E-state index contributed by atoms with van der Waals surface area (Å²) in [5.41, 5.74) is 6.89. The van der Waals surface area contributed by atoms with E-state index in [1.165, 1.54) is 14.2 Å². The fraction of sp³-hybridized carbons (Fsp3) is 0.300. The smallest absolute Gasteiger partial charge is 0.411 e. The van der Waals surface area contributed by atoms with Gasteiger partial charge in [0.2, 0.25) is 0 Å². The van der Waals surface area contributed by atoms with Crippen molar-refractivity contribution < 1.29 is 14.3 Å². The van der Waals surface area contributed by atoms with Crippen molar-refractivity contribution in [2.45, 2.75) is 6.54 Å². The van der Waals surface area contributed by atoms with Crippen molar-refractivity contribution in [2.24, 2.45) is 5.73 Å². The summed E-state index contributed by atoms with van der Waals surface area (Å²) in [6, 6.07) is 5.36. The van der Waals surface area contributed by atoms with Crippen LogP contribution in [0.3, 0.4) is 0 Å². The van der Waals surface area contributed by atoms with Crippen LogP contribution in [-0.2, 0) is 11.3 Å². The van der Waals surface area contributed by atoms with Gasteiger partial charge in [0.05, 0.1) is 19.9 Å². The fourth-order valence-corrected chi connectivity index (χ4v) is 1.21. The minimum Gasteiger partial charge on any atom is -0.495 e. The molecule has 15 heavy (non-hydrogen) atoms. The van der Waals surface area contributed by atoms with Crippen molar-refractivity contribution in [1.29, 1.82) is 0 Å². The summed E-state index contributed by atoms with van der Waals surface area (Å²) in [5.74, 6) is 0.559. The van der Waals surface area contributed by atoms with Crippen LogP contribution in [0.5, 0.6) is 5.75 Å². The van der Waals surface area contributed by atoms with Crippen LogP contribution in [0, 0.1) is 0 Å². The number of carbonyl (C=O) groups is 1. The Morgan fingerprint density at radius 1 is 1.47 bits per heavy atom. The van der Waals surface area contributed by atoms with Gasteiger partial charge in [-0.1, -0.05) is 12.1 Å². The summed E-state index contributed by atoms with van der Waals surface area (Å²) >= 11 is 0. The molecule has 0 bridgehead atoms. The van der Waals surface area contributed by atoms with Gasteiger partial charge in [-0.2, -0.15) is 0 Å². The maximum absolute atomic E-state index is 11.1. The minimum atomic E-state index is -0.547. The lowest BCUT2D eigenvalue weighted by molar-refractivity contribution is 0.186. The number of benzene rings is 1. The van der Waals surface area contributed by atoms with Gasteiger partial charge in [-0.15, -0.1) is 0 Å². The lowest BCUT2D eigenvalue weighted by atomic mass is 10.1. The van der Waals surface area contributed by atoms with Gasteiger partial charge in [0.25, 0.3) is 0 Å². The molecule has 3 N–H and O–H groups in total. The van der Waals surface area contributed by atoms with Crippen molar-refractivity contribution in [3.63, 3.8) is 0 Å². The summed E-state index contributed by atoms with van der Waals surface area (Å²) in [6.07, 6.45) is -0.547. The van der Waals surface area contributed by atoms with Crippen molar-refractivity contribution in [2.75, 3.05) is 19.5 Å². The normalized spacial score (nSPS) is 9.53. The molecule has 5 heteroatoms. The number of para-hydroxylation sites is 1. The van der Waals surface area contributed by atoms with Crippen molar-refractivity contribution in [3.8, 4) is 5.75 Å². The summed E-state index contributed by atoms with van der Waals surface area (Å²) in [7, 11) is 2.82. The highest BCUT2D eigenvalue weighted by Crippen LogP contribution is 2.28. The first-order valence-corrected chi connectivity index (χ1v) is 4.43. The molecular weight excluding hydrogens is 196 g/mol. The number of nitrogens with one attached hydrogen (secondary N) is 1. The molecule has 1 aromatic rings. The quantitative estimate of drug-likeness (QED) is 0.789. The first-order chi connectivity index (χ1) is 7.22. The number of carbonyl (C=O) groups excluding carboxylic acids is 1. The van der Waals surface area contributed by atoms with E-state index >= 15 is 0 Å². The number of methoxy groups -OCH3 is 2. The van der Waals surface area contributed by atoms with Crippen LogP contribution in [0.25, 0.3) is 0 Å². The second-order valence-corrected chi connectivity index (χ2v) is 2.82. The molecular formula is C10H14N2O3. The average molecular weight is 210 g/mol. The van der Waals surface area contributed by atoms with Gasteiger partial charge in [0.15, 0.2) is 0 Å². The maximum atomic E-state index is 11.1. The number of nitrogens with two attached hydrogens (primary N) is 1. The van der Waals surface area contributed by atoms with Crippen LogP contribution < -0.4 is 15.8 Å². The summed E-state index contributed by atoms with van der Waals surface area (Å²) < 4.78 is 9.61. The first kappa shape index (κ1) is 11.3. The topological polar surface area (TPSA) is 73.6 Å². The lowest BCUT2D eigenvalue weighted by Crippen LogP contribution is -2.14. The Hall–Kier alpha value is -1.75. The first-order valence-electron chi connectivity index (χ1n) is 4.43. The molecule has 1 amide bonds. The molecule has 0 atom stereocenters. The summed E-state index contributed by atoms with van der Waals surface area (Å²) in [4.78, 5) is 11.1. The number of anilines is 1. The largest absolute Gasteiger partial charge is 0.495 e. The molecule has 0 aromatic heterocycles. The van der Waals surface area contributed by atoms with E-state index < -0.39 is 6.09 Å². The van der Waals surface area contributed by atoms with Gasteiger partial charge in [0, 0.05) is 6.54 Å². The van der Waals surface area contributed by atoms with Gasteiger partial charge in [-0.05, 0) is 11.6 Å². The molecule has 0 aliphatic rings. The SMILES string of the molecule is COC(=O)Nc1c(CN)cccc1OC. The van der Waals surface area contributed by atoms with Crippen molar-refractivity contribution >= 4 is 11.8 Å². The van der Waals surface area contributed by atoms with E-state index in [2.05, 4.69) is 10.1 Å². The number of ether oxygens (including phenoxy) is 2. The minimum absolute atomic E-state index is 0.316. The maximum Gasteiger partial charge on any atom is 0.411 e. The van der Waals surface area contributed by atoms with Gasteiger partial charge >= 0.3 is 6.09 Å². The van der Waals surface area contributed by atoms with Crippen LogP contribution in [0.1, 0.15) is 5.56 Å². The molecule has 82 valence electrons. The van der Waals surface area contributed by atoms with Crippen LogP contribution >= 0.6 is 0 Å². The molecule has 5 nitrogen and oxygen atoms in total. The zero-order valence-electron chi connectivity index (χ0n) is 8.74. The molecule has 0 radical (unpaired) electrons. The van der Waals surface area contributed by atoms with Crippen LogP contribution in [0.2, 0.25) is 0 Å². The van der Waals surface area contributed by atoms with Gasteiger partial charge in [0.1, 0.15) is 5.75 Å². The molecule has 0 aliphatic carbocycles. The van der Waals surface area contributed by atoms with Crippen LogP contribution in [-0.4, -0.2) is 20.3 Å². The van der Waals surface area contributed by atoms with Gasteiger partial charge < -0.3 is 15.2 Å². The van der Waals surface area contributed by atoms with E-state index in [9.17, 15) is 4.79 Å². The third-order valence-electron chi connectivity index (χ3n) is 1.96. The van der Waals surface area contributed by atoms with E-state index in [0.717, 1.165) is 5.56 Å². The van der Waals surface area contributed by atoms with Gasteiger partial charge in [-0.3, -0.25) is 5.32 Å². The number of hydrogen-bond acceptors (Lipinski definition) is 4. The van der Waals surface area contributed by atoms with E-state index in [1.54, 1.807) is 6.07 Å². The zero-order valence-corrected chi connectivity index (χ0v) is 8.74. The van der Waals surface area contributed by atoms with Crippen molar-refractivity contribution in [3.05, 3.63) is 23.8 Å². The van der Waals surface area contributed by atoms with Crippen molar-refractivity contribution in [1.82, 2.24) is 0 Å². The molecule has 1 aromatic carbocycles. The van der Waals surface area contributed by atoms with E-state index in [4.69, 9.17) is 10.5 Å². The molecule has 0 heterocycles. The second-order valence-electron chi connectivity index (χ2n) is 2.82. The van der Waals surface area contributed by atoms with E-state index in [1.807, 2.05) is 12.1 Å². The Bertz CT molecular complexity index is 330. The van der Waals surface area contributed by atoms with Crippen LogP contribution in [0.15, 0.2) is 18.2 Å². The standard InChI is InChI=1S/C10H14N2O3/c1-14-8-5-3-4-7(6-11)9(8)12-10(13)15-2/h3-5H,6,11H2,1-2H3,(H,12,13). The lowest BCUT2D eigenvalue weighted by Gasteiger charge is -2.12. The monoisotopic (exact) mass is 210 g/mol. The van der Waals surface area contributed by atoms with E-state index in [-0.39, 0.29) is 0 Å². The Labute approximate surface area is 88.2 Å². The van der Waals surface area contributed by atoms with Gasteiger partial charge in [-0.25, -0.2) is 4.79 Å². The molecule has 0 spiro atoms. The Morgan fingerprint density at radius 2 is 2.20 bits per heavy atom. The number of amides is 1. The Morgan fingerprint density at radius 3 is 2.73 bits per heavy atom. The number of hydrogen-bond donors (Lipinski definition) is 2. The highest BCUT2D eigenvalue weighted by atomic mass is 16.5. The second kappa shape index (κ2) is 5.21. The van der Waals surface area contributed by atoms with E-state index in [0.29, 0.717) is 18.0 Å². The summed E-state index contributed by atoms with van der Waals surface area (Å²) in [5, 5.41) is 2.56. The fourth-order valence-electron chi connectivity index (χ4n) is 1.21. The Balaban J connectivity index is 3.05. The predicted octanol–water partition coefficient (Wildman–Crippen LogP) is 1.33. The Kier molecular flexibility index (Phi) is 3.93.